The molecule has 0 saturated carbocycles. The first kappa shape index (κ1) is 24.5. The van der Waals surface area contributed by atoms with E-state index in [1.54, 1.807) is 58.0 Å². The molecule has 0 fully saturated rings. The number of hydrogen-bond acceptors (Lipinski definition) is 5. The Bertz CT molecular complexity index is 1100. The molecule has 3 rings (SSSR count). The van der Waals surface area contributed by atoms with Crippen molar-refractivity contribution in [1.29, 1.82) is 0 Å². The Morgan fingerprint density at radius 3 is 2.22 bits per heavy atom. The van der Waals surface area contributed by atoms with E-state index in [9.17, 15) is 17.4 Å². The molecule has 2 aromatic carbocycles. The fourth-order valence-corrected chi connectivity index (χ4v) is 6.80. The molecule has 0 aromatic heterocycles. The van der Waals surface area contributed by atoms with Crippen molar-refractivity contribution in [3.05, 3.63) is 65.7 Å². The normalized spacial score (nSPS) is 21.0. The predicted molar refractivity (Wildman–Crippen MR) is 121 cm³/mol. The zero-order chi connectivity index (χ0) is 23.7. The lowest BCUT2D eigenvalue weighted by atomic mass is 10.0. The minimum Gasteiger partial charge on any atom is -0.466 e. The van der Waals surface area contributed by atoms with Crippen LogP contribution >= 0.6 is 0 Å². The molecule has 0 amide bonds. The summed E-state index contributed by atoms with van der Waals surface area (Å²) in [5.74, 6) is -0.523. The highest BCUT2D eigenvalue weighted by molar-refractivity contribution is 7.92. The van der Waals surface area contributed by atoms with Crippen molar-refractivity contribution >= 4 is 26.8 Å². The van der Waals surface area contributed by atoms with Crippen molar-refractivity contribution in [2.45, 2.75) is 61.3 Å². The van der Waals surface area contributed by atoms with Crippen LogP contribution in [-0.2, 0) is 30.4 Å². The number of sulfone groups is 1. The van der Waals surface area contributed by atoms with Gasteiger partial charge in [0.1, 0.15) is 11.0 Å². The molecule has 9 heteroatoms. The summed E-state index contributed by atoms with van der Waals surface area (Å²) in [4.78, 5) is 12.2. The number of halogens is 1. The highest BCUT2D eigenvalue weighted by atomic mass is 32.2. The zero-order valence-electron chi connectivity index (χ0n) is 18.5. The number of alkyl halides is 1. The van der Waals surface area contributed by atoms with Crippen molar-refractivity contribution in [3.63, 3.8) is 0 Å². The molecule has 174 valence electrons. The van der Waals surface area contributed by atoms with E-state index < -0.39 is 49.1 Å². The molecule has 1 heterocycles. The van der Waals surface area contributed by atoms with Crippen molar-refractivity contribution in [1.82, 2.24) is 4.31 Å². The lowest BCUT2D eigenvalue weighted by molar-refractivity contribution is -0.144. The third-order valence-electron chi connectivity index (χ3n) is 5.25. The van der Waals surface area contributed by atoms with Crippen LogP contribution in [0.2, 0.25) is 0 Å². The maximum Gasteiger partial charge on any atom is 0.307 e. The molecule has 1 aliphatic heterocycles. The molecule has 0 radical (unpaired) electrons. The number of carbonyl (C=O) groups is 1. The molecule has 2 aromatic rings. The van der Waals surface area contributed by atoms with Gasteiger partial charge in [0.05, 0.1) is 34.8 Å². The first-order chi connectivity index (χ1) is 15.0. The molecule has 0 N–H and O–H groups in total. The summed E-state index contributed by atoms with van der Waals surface area (Å²) in [7, 11) is -6.21. The first-order valence-corrected chi connectivity index (χ1v) is 13.0. The summed E-state index contributed by atoms with van der Waals surface area (Å²) in [6, 6.07) is 12.0. The van der Waals surface area contributed by atoms with Crippen LogP contribution in [0.3, 0.4) is 0 Å². The van der Waals surface area contributed by atoms with Gasteiger partial charge in [0.25, 0.3) is 0 Å². The molecule has 1 aliphatic rings. The van der Waals surface area contributed by atoms with Gasteiger partial charge in [-0.15, -0.1) is 0 Å². The Morgan fingerprint density at radius 2 is 1.66 bits per heavy atom. The quantitative estimate of drug-likeness (QED) is 0.552. The smallest absolute Gasteiger partial charge is 0.307 e. The maximum absolute atomic E-state index is 16.0. The molecule has 6 nitrogen and oxygen atoms in total. The molecule has 2 unspecified atom stereocenters. The number of esters is 1. The van der Waals surface area contributed by atoms with Gasteiger partial charge < -0.3 is 4.74 Å². The number of fused-ring (bicyclic) bond motifs is 1. The first-order valence-electron chi connectivity index (χ1n) is 10.4. The molecule has 32 heavy (non-hydrogen) atoms. The van der Waals surface area contributed by atoms with Crippen molar-refractivity contribution in [2.24, 2.45) is 0 Å². The molecular weight excluding hydrogens is 453 g/mol. The second kappa shape index (κ2) is 9.41. The number of rotatable bonds is 7. The largest absolute Gasteiger partial charge is 0.466 e. The average Bonchev–Trinajstić information content (AvgIpc) is 3.06. The van der Waals surface area contributed by atoms with E-state index in [4.69, 9.17) is 4.74 Å². The highest BCUT2D eigenvalue weighted by Crippen LogP contribution is 2.50. The Morgan fingerprint density at radius 1 is 1.09 bits per heavy atom. The molecule has 0 saturated heterocycles. The summed E-state index contributed by atoms with van der Waals surface area (Å²) < 4.78 is 61.6. The number of carbonyl (C=O) groups excluding carboxylic acids is 1. The lowest BCUT2D eigenvalue weighted by Gasteiger charge is -2.35. The summed E-state index contributed by atoms with van der Waals surface area (Å²) in [6.07, 6.45) is -0.165. The second-order valence-electron chi connectivity index (χ2n) is 8.53. The predicted octanol–water partition coefficient (Wildman–Crippen LogP) is 4.27. The van der Waals surface area contributed by atoms with Crippen LogP contribution in [0.5, 0.6) is 0 Å². The van der Waals surface area contributed by atoms with Crippen LogP contribution in [0, 0.1) is 0 Å². The van der Waals surface area contributed by atoms with Gasteiger partial charge in [0.15, 0.2) is 0 Å². The Kier molecular flexibility index (Phi) is 7.21. The fourth-order valence-electron chi connectivity index (χ4n) is 3.83. The van der Waals surface area contributed by atoms with Crippen LogP contribution in [-0.4, -0.2) is 39.8 Å². The monoisotopic (exact) mass is 481 g/mol. The third-order valence-corrected chi connectivity index (χ3v) is 8.94. The summed E-state index contributed by atoms with van der Waals surface area (Å²) in [6.45, 7) is 7.03. The molecule has 0 bridgehead atoms. The van der Waals surface area contributed by atoms with Crippen molar-refractivity contribution < 1.29 is 26.5 Å². The number of ether oxygens (including phenoxy) is 1. The number of benzene rings is 2. The van der Waals surface area contributed by atoms with Crippen molar-refractivity contribution in [2.75, 3.05) is 6.61 Å². The Hall–Kier alpha value is -2.10. The van der Waals surface area contributed by atoms with Crippen LogP contribution in [0.4, 0.5) is 4.39 Å². The van der Waals surface area contributed by atoms with Gasteiger partial charge >= 0.3 is 5.97 Å². The van der Waals surface area contributed by atoms with Crippen LogP contribution in [0.25, 0.3) is 0 Å². The Balaban J connectivity index is 2.15. The minimum atomic E-state index is -4.40. The van der Waals surface area contributed by atoms with Gasteiger partial charge in [-0.25, -0.2) is 21.3 Å². The maximum atomic E-state index is 16.0. The summed E-state index contributed by atoms with van der Waals surface area (Å²) in [5, 5.41) is 0. The van der Waals surface area contributed by atoms with Gasteiger partial charge in [0, 0.05) is 0 Å². The fraction of sp³-hybridized carbons (Fsp3) is 0.435. The molecule has 0 spiro atoms. The van der Waals surface area contributed by atoms with E-state index in [0.717, 1.165) is 0 Å². The molecule has 4 atom stereocenters. The number of nitrogens with zero attached hydrogens (tertiary/aromatic N) is 1. The van der Waals surface area contributed by atoms with E-state index in [-0.39, 0.29) is 17.9 Å². The van der Waals surface area contributed by atoms with Crippen molar-refractivity contribution in [3.8, 4) is 0 Å². The van der Waals surface area contributed by atoms with Gasteiger partial charge in [-0.3, -0.25) is 4.79 Å². The van der Waals surface area contributed by atoms with E-state index >= 15 is 4.39 Å². The standard InChI is InChI=1S/C23H28FNO5S2/c1-5-30-20(26)15-19-17-13-9-10-14-18(17)21(25(19)31(27)23(2,3)4)22(24)32(28,29)16-11-7-6-8-12-16/h6-14,19,21-22H,5,15H2,1-4H3/t19-,21-,22?,31?/m0/s1. The number of hydrogen-bond donors (Lipinski definition) is 0. The van der Waals surface area contributed by atoms with Gasteiger partial charge in [0.2, 0.25) is 15.3 Å². The third kappa shape index (κ3) is 4.65. The van der Waals surface area contributed by atoms with E-state index in [0.29, 0.717) is 11.1 Å². The summed E-state index contributed by atoms with van der Waals surface area (Å²) >= 11 is 0. The van der Waals surface area contributed by atoms with Gasteiger partial charge in [-0.1, -0.05) is 42.5 Å². The molecular formula is C23H28FNO5S2. The van der Waals surface area contributed by atoms with Crippen LogP contribution < -0.4 is 0 Å². The Labute approximate surface area is 191 Å². The average molecular weight is 482 g/mol. The van der Waals surface area contributed by atoms with Gasteiger partial charge in [-0.05, 0) is 51.0 Å². The molecule has 0 aliphatic carbocycles. The SMILES string of the molecule is CCOC(=O)C[C@H]1c2ccccc2[C@@H](C(F)S(=O)(=O)c2ccccc2)N1S(=O)C(C)(C)C. The topological polar surface area (TPSA) is 80.8 Å². The van der Waals surface area contributed by atoms with E-state index in [1.807, 2.05) is 0 Å². The zero-order valence-corrected chi connectivity index (χ0v) is 20.2. The van der Waals surface area contributed by atoms with Crippen LogP contribution in [0.1, 0.15) is 57.3 Å². The highest BCUT2D eigenvalue weighted by Gasteiger charge is 2.52. The van der Waals surface area contributed by atoms with Gasteiger partial charge in [-0.2, -0.15) is 0 Å². The minimum absolute atomic E-state index is 0.152. The van der Waals surface area contributed by atoms with E-state index in [2.05, 4.69) is 0 Å². The van der Waals surface area contributed by atoms with E-state index in [1.165, 1.54) is 28.6 Å². The lowest BCUT2D eigenvalue weighted by Crippen LogP contribution is -2.43. The summed E-state index contributed by atoms with van der Waals surface area (Å²) in [5.41, 5.74) is -1.40. The second-order valence-corrected chi connectivity index (χ2v) is 12.7. The van der Waals surface area contributed by atoms with Crippen LogP contribution in [0.15, 0.2) is 59.5 Å².